The van der Waals surface area contributed by atoms with Crippen LogP contribution in [0.1, 0.15) is 19.3 Å². The highest BCUT2D eigenvalue weighted by molar-refractivity contribution is 5.54. The van der Waals surface area contributed by atoms with Crippen molar-refractivity contribution in [2.75, 3.05) is 23.5 Å². The number of pyridine rings is 1. The fraction of sp³-hybridized carbons (Fsp3) is 0.583. The molecule has 2 atom stereocenters. The van der Waals surface area contributed by atoms with Gasteiger partial charge in [-0.15, -0.1) is 0 Å². The number of morpholine rings is 1. The smallest absolute Gasteiger partial charge is 0.141 e. The van der Waals surface area contributed by atoms with Crippen LogP contribution >= 0.6 is 0 Å². The lowest BCUT2D eigenvalue weighted by atomic mass is 10.1. The van der Waals surface area contributed by atoms with E-state index in [1.165, 1.54) is 24.9 Å². The topological polar surface area (TPSA) is 63.4 Å². The van der Waals surface area contributed by atoms with Crippen molar-refractivity contribution in [1.29, 1.82) is 0 Å². The maximum atomic E-state index is 5.81. The number of aromatic nitrogens is 1. The Kier molecular flexibility index (Phi) is 2.86. The van der Waals surface area contributed by atoms with E-state index in [0.29, 0.717) is 18.0 Å². The molecule has 0 amide bonds. The lowest BCUT2D eigenvalue weighted by molar-refractivity contribution is 0.0256. The van der Waals surface area contributed by atoms with E-state index >= 15 is 0 Å². The summed E-state index contributed by atoms with van der Waals surface area (Å²) in [5, 5.41) is 0. The van der Waals surface area contributed by atoms with Crippen molar-refractivity contribution in [2.45, 2.75) is 31.4 Å². The molecule has 3 rings (SSSR count). The average molecular weight is 234 g/mol. The third-order valence-electron chi connectivity index (χ3n) is 3.71. The number of hydrazine groups is 1. The van der Waals surface area contributed by atoms with Crippen LogP contribution in [0.25, 0.3) is 0 Å². The normalized spacial score (nSPS) is 27.9. The molecule has 2 unspecified atom stereocenters. The van der Waals surface area contributed by atoms with Crippen molar-refractivity contribution in [3.05, 3.63) is 18.3 Å². The summed E-state index contributed by atoms with van der Waals surface area (Å²) in [5.41, 5.74) is 3.79. The van der Waals surface area contributed by atoms with Crippen LogP contribution in [0.2, 0.25) is 0 Å². The van der Waals surface area contributed by atoms with Crippen molar-refractivity contribution in [3.63, 3.8) is 0 Å². The third kappa shape index (κ3) is 1.96. The summed E-state index contributed by atoms with van der Waals surface area (Å²) in [5.74, 6) is 6.11. The molecule has 1 aliphatic heterocycles. The van der Waals surface area contributed by atoms with Gasteiger partial charge in [0, 0.05) is 24.5 Å². The highest BCUT2D eigenvalue weighted by Gasteiger charge is 2.36. The molecule has 0 bridgehead atoms. The Balaban J connectivity index is 1.86. The number of hydrogen-bond acceptors (Lipinski definition) is 5. The predicted molar refractivity (Wildman–Crippen MR) is 66.8 cm³/mol. The summed E-state index contributed by atoms with van der Waals surface area (Å²) in [6.07, 6.45) is 5.88. The first kappa shape index (κ1) is 10.8. The first-order valence-electron chi connectivity index (χ1n) is 6.19. The largest absolute Gasteiger partial charge is 0.374 e. The van der Waals surface area contributed by atoms with Gasteiger partial charge in [-0.2, -0.15) is 0 Å². The van der Waals surface area contributed by atoms with Crippen LogP contribution in [-0.4, -0.2) is 30.3 Å². The Bertz CT molecular complexity index is 398. The number of nitrogens with zero attached hydrogens (tertiary/aromatic N) is 2. The highest BCUT2D eigenvalue weighted by atomic mass is 16.5. The molecule has 17 heavy (non-hydrogen) atoms. The van der Waals surface area contributed by atoms with Gasteiger partial charge in [0.05, 0.1) is 18.8 Å². The lowest BCUT2D eigenvalue weighted by Crippen LogP contribution is -2.48. The van der Waals surface area contributed by atoms with Crippen molar-refractivity contribution in [1.82, 2.24) is 4.98 Å². The van der Waals surface area contributed by atoms with E-state index in [0.717, 1.165) is 13.2 Å². The molecule has 2 heterocycles. The average Bonchev–Trinajstić information content (AvgIpc) is 2.87. The quantitative estimate of drug-likeness (QED) is 0.593. The molecule has 2 fully saturated rings. The molecule has 0 spiro atoms. The van der Waals surface area contributed by atoms with Crippen LogP contribution in [0.4, 0.5) is 11.5 Å². The number of hydrogen-bond donors (Lipinski definition) is 2. The molecule has 0 radical (unpaired) electrons. The Morgan fingerprint density at radius 2 is 2.41 bits per heavy atom. The van der Waals surface area contributed by atoms with Crippen LogP contribution in [0.15, 0.2) is 18.3 Å². The molecule has 5 heteroatoms. The van der Waals surface area contributed by atoms with Gasteiger partial charge < -0.3 is 15.1 Å². The van der Waals surface area contributed by atoms with Crippen LogP contribution in [-0.2, 0) is 4.74 Å². The summed E-state index contributed by atoms with van der Waals surface area (Å²) in [4.78, 5) is 6.58. The van der Waals surface area contributed by atoms with E-state index in [1.54, 1.807) is 6.20 Å². The Labute approximate surface area is 101 Å². The van der Waals surface area contributed by atoms with Gasteiger partial charge in [0.1, 0.15) is 5.82 Å². The van der Waals surface area contributed by atoms with Crippen molar-refractivity contribution >= 4 is 11.5 Å². The maximum Gasteiger partial charge on any atom is 0.141 e. The first-order valence-corrected chi connectivity index (χ1v) is 6.19. The molecule has 5 nitrogen and oxygen atoms in total. The standard InChI is InChI=1S/C12H18N4O/c13-15-12-8-9(4-5-14-12)16-6-7-17-11-3-1-2-10(11)16/h4-5,8,10-11H,1-3,6-7,13H2,(H,14,15). The Hall–Kier alpha value is -1.33. The number of nitrogen functional groups attached to an aromatic ring is 1. The van der Waals surface area contributed by atoms with E-state index in [9.17, 15) is 0 Å². The Morgan fingerprint density at radius 1 is 1.47 bits per heavy atom. The van der Waals surface area contributed by atoms with E-state index in [4.69, 9.17) is 10.6 Å². The SMILES string of the molecule is NNc1cc(N2CCOC3CCCC32)ccn1. The summed E-state index contributed by atoms with van der Waals surface area (Å²) in [7, 11) is 0. The van der Waals surface area contributed by atoms with Crippen molar-refractivity contribution < 1.29 is 4.74 Å². The molecule has 1 saturated carbocycles. The summed E-state index contributed by atoms with van der Waals surface area (Å²) in [6.45, 7) is 1.77. The molecular formula is C12H18N4O. The monoisotopic (exact) mass is 234 g/mol. The van der Waals surface area contributed by atoms with Gasteiger partial charge in [-0.1, -0.05) is 0 Å². The third-order valence-corrected chi connectivity index (χ3v) is 3.71. The maximum absolute atomic E-state index is 5.81. The molecular weight excluding hydrogens is 216 g/mol. The zero-order valence-corrected chi connectivity index (χ0v) is 9.80. The fourth-order valence-corrected chi connectivity index (χ4v) is 2.92. The van der Waals surface area contributed by atoms with Gasteiger partial charge in [0.2, 0.25) is 0 Å². The first-order chi connectivity index (χ1) is 8.38. The minimum Gasteiger partial charge on any atom is -0.374 e. The zero-order chi connectivity index (χ0) is 11.7. The molecule has 1 aromatic heterocycles. The van der Waals surface area contributed by atoms with Gasteiger partial charge in [-0.05, 0) is 25.3 Å². The Morgan fingerprint density at radius 3 is 3.29 bits per heavy atom. The molecule has 1 aromatic rings. The van der Waals surface area contributed by atoms with Gasteiger partial charge >= 0.3 is 0 Å². The van der Waals surface area contributed by atoms with Gasteiger partial charge in [0.15, 0.2) is 0 Å². The zero-order valence-electron chi connectivity index (χ0n) is 9.80. The highest BCUT2D eigenvalue weighted by Crippen LogP contribution is 2.33. The number of anilines is 2. The minimum absolute atomic E-state index is 0.409. The molecule has 1 aliphatic carbocycles. The van der Waals surface area contributed by atoms with Gasteiger partial charge in [0.25, 0.3) is 0 Å². The van der Waals surface area contributed by atoms with Crippen LogP contribution in [0.5, 0.6) is 0 Å². The molecule has 92 valence electrons. The molecule has 3 N–H and O–H groups in total. The lowest BCUT2D eigenvalue weighted by Gasteiger charge is -2.39. The van der Waals surface area contributed by atoms with E-state index in [1.807, 2.05) is 12.1 Å². The van der Waals surface area contributed by atoms with Crippen LogP contribution in [0, 0.1) is 0 Å². The summed E-state index contributed by atoms with van der Waals surface area (Å²) in [6, 6.07) is 4.57. The summed E-state index contributed by atoms with van der Waals surface area (Å²) < 4.78 is 5.81. The second kappa shape index (κ2) is 4.50. The van der Waals surface area contributed by atoms with Gasteiger partial charge in [-0.25, -0.2) is 10.8 Å². The number of fused-ring (bicyclic) bond motifs is 1. The van der Waals surface area contributed by atoms with Crippen molar-refractivity contribution in [3.8, 4) is 0 Å². The number of nitrogens with two attached hydrogens (primary N) is 1. The minimum atomic E-state index is 0.409. The predicted octanol–water partition coefficient (Wildman–Crippen LogP) is 1.12. The number of nitrogens with one attached hydrogen (secondary N) is 1. The number of ether oxygens (including phenoxy) is 1. The fourth-order valence-electron chi connectivity index (χ4n) is 2.92. The van der Waals surface area contributed by atoms with Gasteiger partial charge in [-0.3, -0.25) is 0 Å². The molecule has 2 aliphatic rings. The van der Waals surface area contributed by atoms with E-state index in [2.05, 4.69) is 15.3 Å². The molecule has 1 saturated heterocycles. The second-order valence-corrected chi connectivity index (χ2v) is 4.64. The summed E-state index contributed by atoms with van der Waals surface area (Å²) >= 11 is 0. The van der Waals surface area contributed by atoms with Crippen LogP contribution in [0.3, 0.4) is 0 Å². The number of rotatable bonds is 2. The molecule has 0 aromatic carbocycles. The van der Waals surface area contributed by atoms with Crippen LogP contribution < -0.4 is 16.2 Å². The van der Waals surface area contributed by atoms with E-state index < -0.39 is 0 Å². The van der Waals surface area contributed by atoms with Crippen molar-refractivity contribution in [2.24, 2.45) is 5.84 Å². The second-order valence-electron chi connectivity index (χ2n) is 4.64. The van der Waals surface area contributed by atoms with E-state index in [-0.39, 0.29) is 0 Å².